The predicted octanol–water partition coefficient (Wildman–Crippen LogP) is 3.17. The SMILES string of the molecule is COc1ccccc1Oc1nc2ccccn2c(=O)c1C=C1SC(=S)N(CCC(=O)O)C1=O. The summed E-state index contributed by atoms with van der Waals surface area (Å²) in [6.45, 7) is -0.0587. The molecule has 1 N–H and O–H groups in total. The standard InChI is InChI=1S/C22H17N3O6S2/c1-30-14-6-2-3-7-15(14)31-19-13(20(28)24-10-5-4-8-17(24)23-19)12-16-21(29)25(22(32)33-16)11-9-18(26)27/h2-8,10,12H,9,11H2,1H3,(H,26,27). The van der Waals surface area contributed by atoms with Gasteiger partial charge in [-0.2, -0.15) is 4.98 Å². The minimum absolute atomic E-state index is 0.00787. The van der Waals surface area contributed by atoms with Gasteiger partial charge in [0, 0.05) is 12.7 Å². The van der Waals surface area contributed by atoms with Crippen LogP contribution in [0.3, 0.4) is 0 Å². The molecule has 11 heteroatoms. The van der Waals surface area contributed by atoms with Crippen molar-refractivity contribution >= 4 is 51.9 Å². The number of aromatic nitrogens is 2. The van der Waals surface area contributed by atoms with E-state index in [9.17, 15) is 14.4 Å². The molecular weight excluding hydrogens is 466 g/mol. The summed E-state index contributed by atoms with van der Waals surface area (Å²) in [5.41, 5.74) is -0.0387. The molecular formula is C22H17N3O6S2. The van der Waals surface area contributed by atoms with Crippen molar-refractivity contribution in [1.82, 2.24) is 14.3 Å². The topological polar surface area (TPSA) is 110 Å². The van der Waals surface area contributed by atoms with E-state index in [1.54, 1.807) is 48.7 Å². The minimum Gasteiger partial charge on any atom is -0.493 e. The van der Waals surface area contributed by atoms with E-state index >= 15 is 0 Å². The second kappa shape index (κ2) is 9.43. The Kier molecular flexibility index (Phi) is 6.43. The van der Waals surface area contributed by atoms with Gasteiger partial charge in [0.25, 0.3) is 11.5 Å². The number of amides is 1. The largest absolute Gasteiger partial charge is 0.493 e. The normalized spacial score (nSPS) is 14.8. The Morgan fingerprint density at radius 1 is 1.18 bits per heavy atom. The number of pyridine rings is 1. The first-order chi connectivity index (χ1) is 15.9. The fourth-order valence-corrected chi connectivity index (χ4v) is 4.41. The Balaban J connectivity index is 1.81. The average Bonchev–Trinajstić information content (AvgIpc) is 3.07. The van der Waals surface area contributed by atoms with Gasteiger partial charge >= 0.3 is 5.97 Å². The Labute approximate surface area is 197 Å². The molecule has 1 fully saturated rings. The third-order valence-corrected chi connectivity index (χ3v) is 6.09. The lowest BCUT2D eigenvalue weighted by molar-refractivity contribution is -0.137. The number of fused-ring (bicyclic) bond motifs is 1. The molecule has 1 aromatic carbocycles. The van der Waals surface area contributed by atoms with Crippen molar-refractivity contribution in [1.29, 1.82) is 0 Å². The number of hydrogen-bond acceptors (Lipinski definition) is 8. The van der Waals surface area contributed by atoms with Crippen LogP contribution >= 0.6 is 24.0 Å². The maximum absolute atomic E-state index is 13.3. The number of para-hydroxylation sites is 2. The zero-order valence-electron chi connectivity index (χ0n) is 17.3. The van der Waals surface area contributed by atoms with Crippen molar-refractivity contribution in [3.05, 3.63) is 69.5 Å². The lowest BCUT2D eigenvalue weighted by Crippen LogP contribution is -2.30. The molecule has 0 atom stereocenters. The molecule has 0 saturated carbocycles. The molecule has 9 nitrogen and oxygen atoms in total. The number of nitrogens with zero attached hydrogens (tertiary/aromatic N) is 3. The number of rotatable bonds is 7. The molecule has 1 aliphatic heterocycles. The summed E-state index contributed by atoms with van der Waals surface area (Å²) >= 11 is 6.22. The Morgan fingerprint density at radius 2 is 1.91 bits per heavy atom. The molecule has 3 heterocycles. The summed E-state index contributed by atoms with van der Waals surface area (Å²) in [6, 6.07) is 12.0. The molecule has 1 amide bonds. The molecule has 0 radical (unpaired) electrons. The average molecular weight is 484 g/mol. The van der Waals surface area contributed by atoms with Crippen LogP contribution in [-0.4, -0.2) is 49.2 Å². The Hall–Kier alpha value is -3.70. The van der Waals surface area contributed by atoms with Gasteiger partial charge in [-0.05, 0) is 30.3 Å². The number of thiocarbonyl (C=S) groups is 1. The summed E-state index contributed by atoms with van der Waals surface area (Å²) < 4.78 is 12.8. The smallest absolute Gasteiger partial charge is 0.305 e. The van der Waals surface area contributed by atoms with E-state index in [-0.39, 0.29) is 33.6 Å². The molecule has 3 aromatic rings. The first kappa shape index (κ1) is 22.5. The van der Waals surface area contributed by atoms with Crippen LogP contribution in [0.1, 0.15) is 12.0 Å². The molecule has 4 rings (SSSR count). The highest BCUT2D eigenvalue weighted by molar-refractivity contribution is 8.26. The number of carboxylic acid groups (broad SMARTS) is 1. The fourth-order valence-electron chi connectivity index (χ4n) is 3.12. The van der Waals surface area contributed by atoms with Crippen molar-refractivity contribution in [2.24, 2.45) is 0 Å². The summed E-state index contributed by atoms with van der Waals surface area (Å²) in [4.78, 5) is 42.9. The van der Waals surface area contributed by atoms with Crippen LogP contribution in [-0.2, 0) is 9.59 Å². The molecule has 0 spiro atoms. The van der Waals surface area contributed by atoms with Crippen LogP contribution in [0.4, 0.5) is 0 Å². The summed E-state index contributed by atoms with van der Waals surface area (Å²) in [7, 11) is 1.49. The number of carbonyl (C=O) groups is 2. The van der Waals surface area contributed by atoms with Crippen LogP contribution < -0.4 is 15.0 Å². The number of thioether (sulfide) groups is 1. The van der Waals surface area contributed by atoms with E-state index in [0.29, 0.717) is 17.1 Å². The third kappa shape index (κ3) is 4.59. The maximum atomic E-state index is 13.3. The van der Waals surface area contributed by atoms with Gasteiger partial charge in [-0.1, -0.05) is 42.2 Å². The van der Waals surface area contributed by atoms with Crippen LogP contribution in [0.5, 0.6) is 17.4 Å². The summed E-state index contributed by atoms with van der Waals surface area (Å²) in [5, 5.41) is 8.92. The van der Waals surface area contributed by atoms with Crippen LogP contribution in [0, 0.1) is 0 Å². The van der Waals surface area contributed by atoms with Crippen molar-refractivity contribution in [2.75, 3.05) is 13.7 Å². The van der Waals surface area contributed by atoms with Gasteiger partial charge < -0.3 is 14.6 Å². The molecule has 0 bridgehead atoms. The third-order valence-electron chi connectivity index (χ3n) is 4.71. The van der Waals surface area contributed by atoms with E-state index in [0.717, 1.165) is 11.8 Å². The molecule has 168 valence electrons. The fraction of sp³-hybridized carbons (Fsp3) is 0.136. The van der Waals surface area contributed by atoms with Gasteiger partial charge in [0.2, 0.25) is 5.88 Å². The number of carbonyl (C=O) groups excluding carboxylic acids is 1. The molecule has 1 saturated heterocycles. The highest BCUT2D eigenvalue weighted by atomic mass is 32.2. The van der Waals surface area contributed by atoms with Crippen molar-refractivity contribution in [3.8, 4) is 17.4 Å². The van der Waals surface area contributed by atoms with Gasteiger partial charge in [-0.15, -0.1) is 0 Å². The molecule has 2 aromatic heterocycles. The van der Waals surface area contributed by atoms with Gasteiger partial charge in [-0.25, -0.2) is 0 Å². The monoisotopic (exact) mass is 483 g/mol. The van der Waals surface area contributed by atoms with Crippen LogP contribution in [0.15, 0.2) is 58.4 Å². The summed E-state index contributed by atoms with van der Waals surface area (Å²) in [5.74, 6) is -0.745. The van der Waals surface area contributed by atoms with Crippen molar-refractivity contribution in [3.63, 3.8) is 0 Å². The van der Waals surface area contributed by atoms with Crippen LogP contribution in [0.25, 0.3) is 11.7 Å². The first-order valence-corrected chi connectivity index (χ1v) is 10.9. The predicted molar refractivity (Wildman–Crippen MR) is 127 cm³/mol. The second-order valence-electron chi connectivity index (χ2n) is 6.79. The summed E-state index contributed by atoms with van der Waals surface area (Å²) in [6.07, 6.45) is 2.69. The number of ether oxygens (including phenoxy) is 2. The molecule has 0 aliphatic carbocycles. The number of aliphatic carboxylic acids is 1. The minimum atomic E-state index is -1.04. The number of benzene rings is 1. The molecule has 0 unspecified atom stereocenters. The lowest BCUT2D eigenvalue weighted by atomic mass is 10.2. The van der Waals surface area contributed by atoms with Crippen molar-refractivity contribution < 1.29 is 24.2 Å². The second-order valence-corrected chi connectivity index (χ2v) is 8.47. The van der Waals surface area contributed by atoms with Gasteiger partial charge in [0.15, 0.2) is 11.5 Å². The van der Waals surface area contributed by atoms with E-state index < -0.39 is 17.4 Å². The highest BCUT2D eigenvalue weighted by Gasteiger charge is 2.33. The first-order valence-electron chi connectivity index (χ1n) is 9.68. The van der Waals surface area contributed by atoms with Crippen molar-refractivity contribution in [2.45, 2.75) is 6.42 Å². The van der Waals surface area contributed by atoms with E-state index in [4.69, 9.17) is 26.8 Å². The maximum Gasteiger partial charge on any atom is 0.305 e. The van der Waals surface area contributed by atoms with Gasteiger partial charge in [0.1, 0.15) is 15.5 Å². The van der Waals surface area contributed by atoms with Gasteiger partial charge in [-0.3, -0.25) is 23.7 Å². The number of hydrogen-bond donors (Lipinski definition) is 1. The quantitative estimate of drug-likeness (QED) is 0.400. The van der Waals surface area contributed by atoms with E-state index in [1.807, 2.05) is 0 Å². The van der Waals surface area contributed by atoms with E-state index in [1.165, 1.54) is 22.5 Å². The zero-order valence-corrected chi connectivity index (χ0v) is 18.9. The molecule has 33 heavy (non-hydrogen) atoms. The zero-order chi connectivity index (χ0) is 23.5. The Morgan fingerprint density at radius 3 is 2.64 bits per heavy atom. The molecule has 1 aliphatic rings. The van der Waals surface area contributed by atoms with Gasteiger partial charge in [0.05, 0.1) is 18.4 Å². The van der Waals surface area contributed by atoms with E-state index in [2.05, 4.69) is 4.98 Å². The highest BCUT2D eigenvalue weighted by Crippen LogP contribution is 2.35. The van der Waals surface area contributed by atoms with Crippen LogP contribution in [0.2, 0.25) is 0 Å². The number of methoxy groups -OCH3 is 1. The lowest BCUT2D eigenvalue weighted by Gasteiger charge is -2.13. The Bertz CT molecular complexity index is 1370. The number of carboxylic acids is 1.